The molecule has 0 bridgehead atoms. The summed E-state index contributed by atoms with van der Waals surface area (Å²) in [5.74, 6) is -1.25. The first-order chi connectivity index (χ1) is 16.8. The molecule has 0 aliphatic heterocycles. The highest BCUT2D eigenvalue weighted by atomic mass is 16.5. The van der Waals surface area contributed by atoms with Crippen molar-refractivity contribution in [3.05, 3.63) is 85.8 Å². The quantitative estimate of drug-likeness (QED) is 0.450. The molecule has 0 spiro atoms. The highest BCUT2D eigenvalue weighted by Gasteiger charge is 2.27. The number of H-pyrrole nitrogens is 1. The Balaban J connectivity index is 2.12. The van der Waals surface area contributed by atoms with Crippen molar-refractivity contribution in [2.75, 3.05) is 17.2 Å². The average Bonchev–Trinajstić information content (AvgIpc) is 2.83. The van der Waals surface area contributed by atoms with Crippen molar-refractivity contribution in [3.8, 4) is 0 Å². The third-order valence-corrected chi connectivity index (χ3v) is 5.45. The second-order valence-electron chi connectivity index (χ2n) is 7.93. The Morgan fingerprint density at radius 2 is 1.83 bits per heavy atom. The van der Waals surface area contributed by atoms with Crippen LogP contribution in [-0.2, 0) is 17.8 Å². The number of unbranched alkanes of at least 4 members (excludes halogenated alkanes) is 1. The molecular weight excluding hydrogens is 450 g/mol. The number of hydrogen-bond donors (Lipinski definition) is 2. The normalized spacial score (nSPS) is 10.7. The fourth-order valence-corrected chi connectivity index (χ4v) is 3.64. The topological polar surface area (TPSA) is 140 Å². The monoisotopic (exact) mass is 479 g/mol. The van der Waals surface area contributed by atoms with Gasteiger partial charge in [0.1, 0.15) is 11.5 Å². The summed E-state index contributed by atoms with van der Waals surface area (Å²) in [7, 11) is 0. The number of nitrogens with two attached hydrogens (primary N) is 1. The molecular formula is C25H29N5O5. The summed E-state index contributed by atoms with van der Waals surface area (Å²) in [6.45, 7) is 5.77. The number of nitrogens with zero attached hydrogens (tertiary/aromatic N) is 3. The van der Waals surface area contributed by atoms with Gasteiger partial charge in [-0.25, -0.2) is 14.6 Å². The molecule has 10 heteroatoms. The minimum atomic E-state index is -0.774. The van der Waals surface area contributed by atoms with Crippen LogP contribution in [0.1, 0.15) is 58.8 Å². The number of benzene rings is 1. The van der Waals surface area contributed by atoms with E-state index in [9.17, 15) is 19.2 Å². The fourth-order valence-electron chi connectivity index (χ4n) is 3.64. The molecule has 0 fully saturated rings. The summed E-state index contributed by atoms with van der Waals surface area (Å²) in [4.78, 5) is 58.9. The van der Waals surface area contributed by atoms with Gasteiger partial charge in [-0.2, -0.15) is 0 Å². The molecule has 0 saturated heterocycles. The SMILES string of the molecule is CCCCn1c(N)c(N(Cc2ccccc2)C(=O)c2ccc(C(=O)OCC)c(C)n2)c(=O)[nH]c1=O. The van der Waals surface area contributed by atoms with Crippen LogP contribution >= 0.6 is 0 Å². The Morgan fingerprint density at radius 3 is 2.46 bits per heavy atom. The van der Waals surface area contributed by atoms with Crippen LogP contribution in [0.15, 0.2) is 52.1 Å². The van der Waals surface area contributed by atoms with Gasteiger partial charge in [-0.1, -0.05) is 43.7 Å². The molecule has 0 atom stereocenters. The van der Waals surface area contributed by atoms with Crippen LogP contribution in [-0.4, -0.2) is 33.0 Å². The summed E-state index contributed by atoms with van der Waals surface area (Å²) < 4.78 is 6.28. The van der Waals surface area contributed by atoms with Crippen LogP contribution in [0.3, 0.4) is 0 Å². The molecule has 35 heavy (non-hydrogen) atoms. The Morgan fingerprint density at radius 1 is 1.11 bits per heavy atom. The maximum absolute atomic E-state index is 13.7. The number of esters is 1. The van der Waals surface area contributed by atoms with Crippen LogP contribution in [0.5, 0.6) is 0 Å². The molecule has 10 nitrogen and oxygen atoms in total. The number of amides is 1. The van der Waals surface area contributed by atoms with Gasteiger partial charge in [-0.3, -0.25) is 24.0 Å². The molecule has 0 radical (unpaired) electrons. The lowest BCUT2D eigenvalue weighted by atomic mass is 10.1. The second kappa shape index (κ2) is 11.3. The first-order valence-corrected chi connectivity index (χ1v) is 11.4. The number of carbonyl (C=O) groups is 2. The van der Waals surface area contributed by atoms with Gasteiger partial charge >= 0.3 is 11.7 Å². The van der Waals surface area contributed by atoms with Crippen molar-refractivity contribution >= 4 is 23.4 Å². The van der Waals surface area contributed by atoms with Gasteiger partial charge in [0, 0.05) is 6.54 Å². The lowest BCUT2D eigenvalue weighted by Crippen LogP contribution is -2.41. The largest absolute Gasteiger partial charge is 0.462 e. The number of aryl methyl sites for hydroxylation is 1. The Hall–Kier alpha value is -4.21. The molecule has 3 N–H and O–H groups in total. The minimum Gasteiger partial charge on any atom is -0.462 e. The van der Waals surface area contributed by atoms with E-state index >= 15 is 0 Å². The summed E-state index contributed by atoms with van der Waals surface area (Å²) in [6.07, 6.45) is 1.47. The number of nitrogens with one attached hydrogen (secondary N) is 1. The van der Waals surface area contributed by atoms with Crippen LogP contribution in [0, 0.1) is 6.92 Å². The van der Waals surface area contributed by atoms with E-state index in [-0.39, 0.29) is 35.9 Å². The first kappa shape index (κ1) is 25.4. The predicted octanol–water partition coefficient (Wildman–Crippen LogP) is 2.65. The molecule has 0 aliphatic rings. The van der Waals surface area contributed by atoms with E-state index in [0.717, 1.165) is 12.0 Å². The van der Waals surface area contributed by atoms with Crippen molar-refractivity contribution in [2.24, 2.45) is 0 Å². The zero-order valence-corrected chi connectivity index (χ0v) is 20.0. The fraction of sp³-hybridized carbons (Fsp3) is 0.320. The Labute approximate surface area is 202 Å². The van der Waals surface area contributed by atoms with E-state index in [0.29, 0.717) is 18.7 Å². The lowest BCUT2D eigenvalue weighted by Gasteiger charge is -2.24. The van der Waals surface area contributed by atoms with Crippen LogP contribution < -0.4 is 21.9 Å². The minimum absolute atomic E-state index is 0.0107. The van der Waals surface area contributed by atoms with Gasteiger partial charge in [0.15, 0.2) is 5.69 Å². The number of hydrogen-bond acceptors (Lipinski definition) is 7. The molecule has 2 aromatic heterocycles. The van der Waals surface area contributed by atoms with E-state index in [1.807, 2.05) is 25.1 Å². The van der Waals surface area contributed by atoms with E-state index in [1.165, 1.54) is 21.6 Å². The van der Waals surface area contributed by atoms with Gasteiger partial charge in [0.25, 0.3) is 11.5 Å². The lowest BCUT2D eigenvalue weighted by molar-refractivity contribution is 0.0524. The highest BCUT2D eigenvalue weighted by Crippen LogP contribution is 2.22. The maximum atomic E-state index is 13.7. The smallest absolute Gasteiger partial charge is 0.339 e. The average molecular weight is 480 g/mol. The van der Waals surface area contributed by atoms with Crippen molar-refractivity contribution in [3.63, 3.8) is 0 Å². The van der Waals surface area contributed by atoms with Crippen LogP contribution in [0.25, 0.3) is 0 Å². The molecule has 184 valence electrons. The molecule has 3 aromatic rings. The highest BCUT2D eigenvalue weighted by molar-refractivity contribution is 6.06. The molecule has 1 amide bonds. The number of pyridine rings is 1. The van der Waals surface area contributed by atoms with Crippen molar-refractivity contribution in [1.29, 1.82) is 0 Å². The first-order valence-electron chi connectivity index (χ1n) is 11.4. The van der Waals surface area contributed by atoms with Crippen LogP contribution in [0.2, 0.25) is 0 Å². The number of anilines is 2. The van der Waals surface area contributed by atoms with E-state index in [1.54, 1.807) is 26.0 Å². The number of ether oxygens (including phenoxy) is 1. The third-order valence-electron chi connectivity index (χ3n) is 5.45. The van der Waals surface area contributed by atoms with Gasteiger partial charge in [-0.05, 0) is 38.0 Å². The molecule has 0 saturated carbocycles. The van der Waals surface area contributed by atoms with E-state index in [4.69, 9.17) is 10.5 Å². The standard InChI is InChI=1S/C25H29N5O5/c1-4-6-14-29-21(26)20(22(31)28-25(29)34)30(15-17-10-8-7-9-11-17)23(32)19-13-12-18(16(3)27-19)24(33)35-5-2/h7-13H,4-6,14-15,26H2,1-3H3,(H,28,31,34). The Kier molecular flexibility index (Phi) is 8.19. The molecule has 3 rings (SSSR count). The number of rotatable bonds is 9. The zero-order valence-electron chi connectivity index (χ0n) is 20.0. The van der Waals surface area contributed by atoms with Crippen molar-refractivity contribution < 1.29 is 14.3 Å². The second-order valence-corrected chi connectivity index (χ2v) is 7.93. The number of aromatic amines is 1. The summed E-state index contributed by atoms with van der Waals surface area (Å²) in [5, 5.41) is 0. The summed E-state index contributed by atoms with van der Waals surface area (Å²) in [6, 6.07) is 11.9. The van der Waals surface area contributed by atoms with Gasteiger partial charge < -0.3 is 10.5 Å². The van der Waals surface area contributed by atoms with E-state index < -0.39 is 23.1 Å². The summed E-state index contributed by atoms with van der Waals surface area (Å²) >= 11 is 0. The molecule has 2 heterocycles. The Bertz CT molecular complexity index is 1330. The molecule has 0 aliphatic carbocycles. The third kappa shape index (κ3) is 5.65. The van der Waals surface area contributed by atoms with Gasteiger partial charge in [0.2, 0.25) is 0 Å². The summed E-state index contributed by atoms with van der Waals surface area (Å²) in [5.41, 5.74) is 6.05. The number of aromatic nitrogens is 3. The maximum Gasteiger partial charge on any atom is 0.339 e. The van der Waals surface area contributed by atoms with Crippen molar-refractivity contribution in [1.82, 2.24) is 14.5 Å². The number of carbonyl (C=O) groups excluding carboxylic acids is 2. The van der Waals surface area contributed by atoms with E-state index in [2.05, 4.69) is 9.97 Å². The van der Waals surface area contributed by atoms with Gasteiger partial charge in [-0.15, -0.1) is 0 Å². The molecule has 1 aromatic carbocycles. The van der Waals surface area contributed by atoms with Crippen LogP contribution in [0.4, 0.5) is 11.5 Å². The van der Waals surface area contributed by atoms with Gasteiger partial charge in [0.05, 0.1) is 24.4 Å². The predicted molar refractivity (Wildman–Crippen MR) is 133 cm³/mol. The van der Waals surface area contributed by atoms with Crippen molar-refractivity contribution in [2.45, 2.75) is 46.7 Å². The number of nitrogen functional groups attached to an aromatic ring is 1. The molecule has 0 unspecified atom stereocenters. The zero-order chi connectivity index (χ0) is 25.5.